The lowest BCUT2D eigenvalue weighted by Gasteiger charge is -2.33. The van der Waals surface area contributed by atoms with Crippen LogP contribution in [0.15, 0.2) is 76.1 Å². The van der Waals surface area contributed by atoms with Gasteiger partial charge in [-0.3, -0.25) is 4.72 Å². The van der Waals surface area contributed by atoms with Crippen LogP contribution in [0.2, 0.25) is 0 Å². The van der Waals surface area contributed by atoms with Gasteiger partial charge in [0.2, 0.25) is 16.0 Å². The Hall–Kier alpha value is -5.01. The highest BCUT2D eigenvalue weighted by Gasteiger charge is 2.33. The molecule has 2 fully saturated rings. The third-order valence-electron chi connectivity index (χ3n) is 8.82. The summed E-state index contributed by atoms with van der Waals surface area (Å²) in [5, 5.41) is 3.11. The Morgan fingerprint density at radius 2 is 1.67 bits per heavy atom. The monoisotopic (exact) mass is 757 g/mol. The number of anilines is 5. The Kier molecular flexibility index (Phi) is 9.66. The van der Waals surface area contributed by atoms with E-state index >= 15 is 4.39 Å². The van der Waals surface area contributed by atoms with Gasteiger partial charge in [-0.1, -0.05) is 6.08 Å². The Labute approximate surface area is 298 Å². The minimum atomic E-state index is -4.80. The van der Waals surface area contributed by atoms with Crippen molar-refractivity contribution < 1.29 is 34.4 Å². The first-order chi connectivity index (χ1) is 24.9. The fourth-order valence-electron chi connectivity index (χ4n) is 6.17. The number of sulfonamides is 2. The molecule has 7 rings (SSSR count). The summed E-state index contributed by atoms with van der Waals surface area (Å²) in [6.45, 7) is 3.14. The van der Waals surface area contributed by atoms with Crippen molar-refractivity contribution in [2.45, 2.75) is 25.4 Å². The number of benzene rings is 1. The van der Waals surface area contributed by atoms with Crippen LogP contribution in [0.5, 0.6) is 0 Å². The van der Waals surface area contributed by atoms with E-state index in [0.717, 1.165) is 25.0 Å². The molecule has 4 aromatic rings. The third kappa shape index (κ3) is 7.47. The highest BCUT2D eigenvalue weighted by atomic mass is 32.2. The SMILES string of the molecule is CS(=O)(=O)N1CCN(c2ccc(Nc3nccc(-c4oc(N5CCCC5)nc4-c4ccc(F)c(NS(=O)(=O)C5=C(F)C=CCC5F)c4)n3)cn2)CC1. The Bertz CT molecular complexity index is 2250. The molecular weight excluding hydrogens is 724 g/mol. The average Bonchev–Trinajstić information content (AvgIpc) is 3.81. The van der Waals surface area contributed by atoms with Gasteiger partial charge < -0.3 is 19.5 Å². The number of oxazole rings is 1. The molecule has 3 aromatic heterocycles. The van der Waals surface area contributed by atoms with E-state index in [1.54, 1.807) is 18.3 Å². The summed E-state index contributed by atoms with van der Waals surface area (Å²) in [5.41, 5.74) is 0.838. The molecule has 3 aliphatic rings. The standard InChI is InChI=1S/C33H34F3N9O5S2/c1-51(46,47)45-17-15-43(16-18-45)28-10-8-22(20-38-28)39-32-37-12-11-26(40-32)30-29(41-33(50-30)44-13-2-3-14-44)21-7-9-23(34)27(19-21)42-52(48,49)31-24(35)5-4-6-25(31)36/h4-5,7-12,19-20,25,42H,2-3,6,13-18H2,1H3,(H,37,39,40). The normalized spacial score (nSPS) is 18.7. The number of aromatic nitrogens is 4. The first kappa shape index (κ1) is 35.4. The van der Waals surface area contributed by atoms with Crippen LogP contribution in [0.1, 0.15) is 19.3 Å². The maximum Gasteiger partial charge on any atom is 0.298 e. The summed E-state index contributed by atoms with van der Waals surface area (Å²) >= 11 is 0. The number of nitrogens with zero attached hydrogens (tertiary/aromatic N) is 7. The van der Waals surface area contributed by atoms with E-state index in [9.17, 15) is 25.6 Å². The summed E-state index contributed by atoms with van der Waals surface area (Å²) in [6.07, 6.45) is 5.75. The molecule has 2 saturated heterocycles. The minimum absolute atomic E-state index is 0.198. The number of nitrogens with one attached hydrogen (secondary N) is 2. The van der Waals surface area contributed by atoms with Gasteiger partial charge in [0.15, 0.2) is 5.76 Å². The molecule has 0 amide bonds. The maximum atomic E-state index is 15.0. The first-order valence-electron chi connectivity index (χ1n) is 16.4. The lowest BCUT2D eigenvalue weighted by molar-refractivity contribution is 0.382. The van der Waals surface area contributed by atoms with Crippen molar-refractivity contribution in [3.63, 3.8) is 0 Å². The summed E-state index contributed by atoms with van der Waals surface area (Å²) in [5.74, 6) is -1.14. The zero-order valence-corrected chi connectivity index (χ0v) is 29.5. The van der Waals surface area contributed by atoms with E-state index < -0.39 is 48.5 Å². The predicted octanol–water partition coefficient (Wildman–Crippen LogP) is 4.98. The number of pyridine rings is 1. The number of allylic oxidation sites excluding steroid dienone is 4. The van der Waals surface area contributed by atoms with Crippen LogP contribution in [0.4, 0.5) is 42.3 Å². The van der Waals surface area contributed by atoms with Crippen molar-refractivity contribution in [2.75, 3.05) is 65.4 Å². The van der Waals surface area contributed by atoms with E-state index in [4.69, 9.17) is 9.40 Å². The van der Waals surface area contributed by atoms with Gasteiger partial charge in [0.1, 0.15) is 39.9 Å². The highest BCUT2D eigenvalue weighted by Crippen LogP contribution is 2.38. The second-order valence-corrected chi connectivity index (χ2v) is 16.1. The molecule has 2 N–H and O–H groups in total. The fraction of sp³-hybridized carbons (Fsp3) is 0.333. The lowest BCUT2D eigenvalue weighted by Crippen LogP contribution is -2.48. The fourth-order valence-corrected chi connectivity index (χ4v) is 8.31. The van der Waals surface area contributed by atoms with Crippen LogP contribution < -0.4 is 19.8 Å². The van der Waals surface area contributed by atoms with Gasteiger partial charge in [-0.25, -0.2) is 45.0 Å². The summed E-state index contributed by atoms with van der Waals surface area (Å²) in [6, 6.07) is 9.09. The molecule has 1 atom stereocenters. The molecule has 1 unspecified atom stereocenters. The second kappa shape index (κ2) is 14.2. The molecule has 0 spiro atoms. The van der Waals surface area contributed by atoms with Gasteiger partial charge in [-0.15, -0.1) is 0 Å². The number of hydrogen-bond donors (Lipinski definition) is 2. The van der Waals surface area contributed by atoms with Crippen LogP contribution in [0.25, 0.3) is 22.7 Å². The van der Waals surface area contributed by atoms with E-state index in [0.29, 0.717) is 62.5 Å². The van der Waals surface area contributed by atoms with Crippen molar-refractivity contribution in [3.05, 3.63) is 77.5 Å². The number of halogens is 3. The molecule has 52 heavy (non-hydrogen) atoms. The first-order valence-corrected chi connectivity index (χ1v) is 19.7. The molecule has 0 bridgehead atoms. The van der Waals surface area contributed by atoms with E-state index in [2.05, 4.69) is 20.3 Å². The van der Waals surface area contributed by atoms with Crippen LogP contribution in [0.3, 0.4) is 0 Å². The average molecular weight is 758 g/mol. The van der Waals surface area contributed by atoms with Crippen molar-refractivity contribution in [1.82, 2.24) is 24.2 Å². The Morgan fingerprint density at radius 1 is 0.904 bits per heavy atom. The van der Waals surface area contributed by atoms with E-state index in [-0.39, 0.29) is 29.4 Å². The summed E-state index contributed by atoms with van der Waals surface area (Å²) in [7, 11) is -8.06. The van der Waals surface area contributed by atoms with Gasteiger partial charge in [0.25, 0.3) is 16.0 Å². The van der Waals surface area contributed by atoms with Crippen LogP contribution in [-0.2, 0) is 20.0 Å². The topological polar surface area (TPSA) is 167 Å². The molecule has 2 aliphatic heterocycles. The minimum Gasteiger partial charge on any atom is -0.421 e. The molecule has 274 valence electrons. The molecule has 5 heterocycles. The van der Waals surface area contributed by atoms with Gasteiger partial charge >= 0.3 is 0 Å². The van der Waals surface area contributed by atoms with Crippen LogP contribution >= 0.6 is 0 Å². The molecule has 0 saturated carbocycles. The van der Waals surface area contributed by atoms with E-state index in [1.807, 2.05) is 20.6 Å². The third-order valence-corrected chi connectivity index (χ3v) is 11.6. The zero-order valence-electron chi connectivity index (χ0n) is 27.8. The molecular formula is C33H34F3N9O5S2. The summed E-state index contributed by atoms with van der Waals surface area (Å²) < 4.78 is 103. The number of alkyl halides is 1. The molecule has 19 heteroatoms. The quantitative estimate of drug-likeness (QED) is 0.223. The van der Waals surface area contributed by atoms with Crippen molar-refractivity contribution in [3.8, 4) is 22.7 Å². The van der Waals surface area contributed by atoms with Crippen LogP contribution in [0, 0.1) is 5.82 Å². The molecule has 1 aromatic carbocycles. The maximum absolute atomic E-state index is 15.0. The predicted molar refractivity (Wildman–Crippen MR) is 190 cm³/mol. The summed E-state index contributed by atoms with van der Waals surface area (Å²) in [4.78, 5) is 21.0. The van der Waals surface area contributed by atoms with Gasteiger partial charge in [0.05, 0.1) is 23.8 Å². The van der Waals surface area contributed by atoms with Crippen molar-refractivity contribution in [1.29, 1.82) is 0 Å². The molecule has 0 radical (unpaired) electrons. The molecule has 14 nitrogen and oxygen atoms in total. The highest BCUT2D eigenvalue weighted by molar-refractivity contribution is 7.96. The van der Waals surface area contributed by atoms with Crippen molar-refractivity contribution >= 4 is 49.2 Å². The lowest BCUT2D eigenvalue weighted by atomic mass is 10.1. The van der Waals surface area contributed by atoms with Gasteiger partial charge in [-0.05, 0) is 55.3 Å². The van der Waals surface area contributed by atoms with Crippen LogP contribution in [-0.4, -0.2) is 92.8 Å². The number of hydrogen-bond acceptors (Lipinski definition) is 12. The van der Waals surface area contributed by atoms with Gasteiger partial charge in [0, 0.05) is 57.4 Å². The largest absolute Gasteiger partial charge is 0.421 e. The van der Waals surface area contributed by atoms with E-state index in [1.165, 1.54) is 35.0 Å². The second-order valence-electron chi connectivity index (χ2n) is 12.4. The Balaban J connectivity index is 1.16. The Morgan fingerprint density at radius 3 is 2.37 bits per heavy atom. The van der Waals surface area contributed by atoms with Gasteiger partial charge in [-0.2, -0.15) is 9.29 Å². The number of piperazine rings is 1. The number of rotatable bonds is 10. The zero-order chi connectivity index (χ0) is 36.6. The molecule has 1 aliphatic carbocycles. The van der Waals surface area contributed by atoms with Crippen molar-refractivity contribution in [2.24, 2.45) is 0 Å². The smallest absolute Gasteiger partial charge is 0.298 e.